The standard InChI is InChI=1S/C10H13N3/c1-6-5-10-7(2)8(3)12-13(10)9(4)11-6/h5H,1-4H3. The van der Waals surface area contributed by atoms with Gasteiger partial charge in [0.1, 0.15) is 5.82 Å². The van der Waals surface area contributed by atoms with Crippen LogP contribution >= 0.6 is 0 Å². The molecule has 0 aliphatic carbocycles. The van der Waals surface area contributed by atoms with Crippen molar-refractivity contribution in [3.63, 3.8) is 0 Å². The van der Waals surface area contributed by atoms with Crippen LogP contribution in [-0.4, -0.2) is 14.6 Å². The zero-order valence-electron chi connectivity index (χ0n) is 8.42. The Morgan fingerprint density at radius 2 is 1.85 bits per heavy atom. The first-order valence-electron chi connectivity index (χ1n) is 4.40. The fourth-order valence-electron chi connectivity index (χ4n) is 1.57. The average Bonchev–Trinajstić information content (AvgIpc) is 2.32. The molecule has 0 radical (unpaired) electrons. The lowest BCUT2D eigenvalue weighted by atomic mass is 10.2. The quantitative estimate of drug-likeness (QED) is 0.612. The molecule has 0 saturated carbocycles. The summed E-state index contributed by atoms with van der Waals surface area (Å²) in [4.78, 5) is 4.36. The highest BCUT2D eigenvalue weighted by molar-refractivity contribution is 5.56. The van der Waals surface area contributed by atoms with E-state index in [9.17, 15) is 0 Å². The smallest absolute Gasteiger partial charge is 0.127 e. The van der Waals surface area contributed by atoms with Crippen molar-refractivity contribution in [1.82, 2.24) is 14.6 Å². The zero-order chi connectivity index (χ0) is 9.59. The van der Waals surface area contributed by atoms with Crippen LogP contribution in [0.2, 0.25) is 0 Å². The molecule has 0 saturated heterocycles. The first-order valence-corrected chi connectivity index (χ1v) is 4.40. The largest absolute Gasteiger partial charge is 0.238 e. The third-order valence-corrected chi connectivity index (χ3v) is 2.40. The van der Waals surface area contributed by atoms with Gasteiger partial charge in [-0.15, -0.1) is 0 Å². The summed E-state index contributed by atoms with van der Waals surface area (Å²) >= 11 is 0. The molecule has 2 aromatic rings. The van der Waals surface area contributed by atoms with Crippen molar-refractivity contribution in [2.75, 3.05) is 0 Å². The predicted molar refractivity (Wildman–Crippen MR) is 51.9 cm³/mol. The number of rotatable bonds is 0. The van der Waals surface area contributed by atoms with Gasteiger partial charge in [-0.25, -0.2) is 9.50 Å². The van der Waals surface area contributed by atoms with Crippen LogP contribution in [0, 0.1) is 27.7 Å². The SMILES string of the molecule is Cc1cc2c(C)c(C)nn2c(C)n1. The Hall–Kier alpha value is -1.38. The average molecular weight is 175 g/mol. The summed E-state index contributed by atoms with van der Waals surface area (Å²) in [6.07, 6.45) is 0. The number of aromatic nitrogens is 3. The van der Waals surface area contributed by atoms with Crippen LogP contribution in [0.1, 0.15) is 22.8 Å². The molecule has 0 spiro atoms. The van der Waals surface area contributed by atoms with E-state index in [0.717, 1.165) is 17.2 Å². The maximum atomic E-state index is 4.41. The van der Waals surface area contributed by atoms with Gasteiger partial charge < -0.3 is 0 Å². The molecule has 0 aromatic carbocycles. The lowest BCUT2D eigenvalue weighted by molar-refractivity contribution is 0.839. The van der Waals surface area contributed by atoms with Gasteiger partial charge >= 0.3 is 0 Å². The minimum atomic E-state index is 0.950. The molecule has 0 amide bonds. The number of aryl methyl sites for hydroxylation is 4. The Kier molecular flexibility index (Phi) is 1.62. The summed E-state index contributed by atoms with van der Waals surface area (Å²) in [5.74, 6) is 0.950. The molecule has 3 nitrogen and oxygen atoms in total. The summed E-state index contributed by atoms with van der Waals surface area (Å²) in [6, 6.07) is 2.07. The molecule has 0 unspecified atom stereocenters. The van der Waals surface area contributed by atoms with Crippen molar-refractivity contribution >= 4 is 5.52 Å². The van der Waals surface area contributed by atoms with Gasteiger partial charge in [0.25, 0.3) is 0 Å². The third-order valence-electron chi connectivity index (χ3n) is 2.40. The molecule has 3 heteroatoms. The van der Waals surface area contributed by atoms with Crippen molar-refractivity contribution in [2.24, 2.45) is 0 Å². The van der Waals surface area contributed by atoms with Crippen molar-refractivity contribution < 1.29 is 0 Å². The van der Waals surface area contributed by atoms with Gasteiger partial charge in [-0.3, -0.25) is 0 Å². The van der Waals surface area contributed by atoms with Crippen molar-refractivity contribution in [1.29, 1.82) is 0 Å². The monoisotopic (exact) mass is 175 g/mol. The first kappa shape index (κ1) is 8.23. The molecule has 0 atom stereocenters. The highest BCUT2D eigenvalue weighted by Crippen LogP contribution is 2.15. The van der Waals surface area contributed by atoms with Gasteiger partial charge in [-0.05, 0) is 39.3 Å². The van der Waals surface area contributed by atoms with Crippen LogP contribution < -0.4 is 0 Å². The second-order valence-electron chi connectivity index (χ2n) is 3.45. The van der Waals surface area contributed by atoms with Gasteiger partial charge in [0.15, 0.2) is 0 Å². The minimum Gasteiger partial charge on any atom is -0.238 e. The highest BCUT2D eigenvalue weighted by Gasteiger charge is 2.07. The second-order valence-corrected chi connectivity index (χ2v) is 3.45. The molecule has 2 heterocycles. The van der Waals surface area contributed by atoms with E-state index in [1.807, 2.05) is 25.3 Å². The third kappa shape index (κ3) is 1.11. The Morgan fingerprint density at radius 1 is 1.15 bits per heavy atom. The van der Waals surface area contributed by atoms with Crippen molar-refractivity contribution in [3.8, 4) is 0 Å². The molecule has 2 rings (SSSR count). The van der Waals surface area contributed by atoms with Crippen LogP contribution in [0.4, 0.5) is 0 Å². The van der Waals surface area contributed by atoms with Crippen molar-refractivity contribution in [2.45, 2.75) is 27.7 Å². The summed E-state index contributed by atoms with van der Waals surface area (Å²) in [6.45, 7) is 8.11. The number of nitrogens with zero attached hydrogens (tertiary/aromatic N) is 3. The Morgan fingerprint density at radius 3 is 2.54 bits per heavy atom. The summed E-state index contributed by atoms with van der Waals surface area (Å²) in [5.41, 5.74) is 4.54. The van der Waals surface area contributed by atoms with E-state index in [0.29, 0.717) is 0 Å². The Labute approximate surface area is 77.4 Å². The van der Waals surface area contributed by atoms with E-state index in [-0.39, 0.29) is 0 Å². The van der Waals surface area contributed by atoms with E-state index >= 15 is 0 Å². The van der Waals surface area contributed by atoms with E-state index < -0.39 is 0 Å². The van der Waals surface area contributed by atoms with Gasteiger partial charge in [-0.1, -0.05) is 0 Å². The van der Waals surface area contributed by atoms with E-state index in [1.165, 1.54) is 11.1 Å². The minimum absolute atomic E-state index is 0.950. The number of hydrogen-bond donors (Lipinski definition) is 0. The van der Waals surface area contributed by atoms with E-state index in [1.54, 1.807) is 0 Å². The maximum absolute atomic E-state index is 4.41. The maximum Gasteiger partial charge on any atom is 0.127 e. The van der Waals surface area contributed by atoms with Gasteiger partial charge in [0, 0.05) is 5.69 Å². The van der Waals surface area contributed by atoms with Crippen LogP contribution in [-0.2, 0) is 0 Å². The van der Waals surface area contributed by atoms with Crippen LogP contribution in [0.3, 0.4) is 0 Å². The zero-order valence-corrected chi connectivity index (χ0v) is 8.42. The Balaban J connectivity index is 2.94. The van der Waals surface area contributed by atoms with Crippen LogP contribution in [0.25, 0.3) is 5.52 Å². The lowest BCUT2D eigenvalue weighted by Gasteiger charge is -1.99. The topological polar surface area (TPSA) is 30.2 Å². The molecular weight excluding hydrogens is 162 g/mol. The number of hydrogen-bond acceptors (Lipinski definition) is 2. The molecule has 0 aliphatic heterocycles. The molecule has 0 aliphatic rings. The fraction of sp³-hybridized carbons (Fsp3) is 0.400. The summed E-state index contributed by atoms with van der Waals surface area (Å²) < 4.78 is 1.90. The molecule has 0 N–H and O–H groups in total. The lowest BCUT2D eigenvalue weighted by Crippen LogP contribution is -1.98. The summed E-state index contributed by atoms with van der Waals surface area (Å²) in [5, 5.41) is 4.41. The van der Waals surface area contributed by atoms with Gasteiger partial charge in [-0.2, -0.15) is 5.10 Å². The van der Waals surface area contributed by atoms with Crippen LogP contribution in [0.5, 0.6) is 0 Å². The highest BCUT2D eigenvalue weighted by atomic mass is 15.3. The van der Waals surface area contributed by atoms with Gasteiger partial charge in [0.05, 0.1) is 11.2 Å². The molecular formula is C10H13N3. The van der Waals surface area contributed by atoms with E-state index in [2.05, 4.69) is 23.1 Å². The molecule has 13 heavy (non-hydrogen) atoms. The van der Waals surface area contributed by atoms with Gasteiger partial charge in [0.2, 0.25) is 0 Å². The normalized spacial score (nSPS) is 11.1. The van der Waals surface area contributed by atoms with E-state index in [4.69, 9.17) is 0 Å². The molecule has 0 bridgehead atoms. The summed E-state index contributed by atoms with van der Waals surface area (Å²) in [7, 11) is 0. The fourth-order valence-corrected chi connectivity index (χ4v) is 1.57. The molecule has 2 aromatic heterocycles. The number of fused-ring (bicyclic) bond motifs is 1. The van der Waals surface area contributed by atoms with Crippen molar-refractivity contribution in [3.05, 3.63) is 28.8 Å². The predicted octanol–water partition coefficient (Wildman–Crippen LogP) is 1.96. The first-order chi connectivity index (χ1) is 6.09. The molecule has 68 valence electrons. The second kappa shape index (κ2) is 2.55. The Bertz CT molecular complexity index is 468. The molecule has 0 fully saturated rings. The van der Waals surface area contributed by atoms with Crippen LogP contribution in [0.15, 0.2) is 6.07 Å².